The van der Waals surface area contributed by atoms with Gasteiger partial charge in [-0.1, -0.05) is 6.08 Å². The molecule has 3 rings (SSSR count). The molecule has 6 nitrogen and oxygen atoms in total. The van der Waals surface area contributed by atoms with E-state index in [0.29, 0.717) is 24.7 Å². The second-order valence-corrected chi connectivity index (χ2v) is 5.66. The minimum Gasteiger partial charge on any atom is -0.466 e. The van der Waals surface area contributed by atoms with E-state index in [4.69, 9.17) is 14.9 Å². The molecule has 1 aromatic heterocycles. The van der Waals surface area contributed by atoms with Crippen LogP contribution < -0.4 is 5.73 Å². The van der Waals surface area contributed by atoms with Crippen LogP contribution in [-0.2, 0) is 4.74 Å². The summed E-state index contributed by atoms with van der Waals surface area (Å²) in [4.78, 5) is 0. The molecule has 1 aliphatic carbocycles. The van der Waals surface area contributed by atoms with E-state index >= 15 is 0 Å². The number of nitriles is 3. The molecule has 2 heterocycles. The van der Waals surface area contributed by atoms with Crippen molar-refractivity contribution in [1.82, 2.24) is 0 Å². The van der Waals surface area contributed by atoms with Crippen molar-refractivity contribution in [1.29, 1.82) is 15.8 Å². The maximum atomic E-state index is 9.76. The van der Waals surface area contributed by atoms with Gasteiger partial charge in [-0.3, -0.25) is 0 Å². The zero-order valence-corrected chi connectivity index (χ0v) is 12.5. The van der Waals surface area contributed by atoms with Gasteiger partial charge >= 0.3 is 0 Å². The van der Waals surface area contributed by atoms with Crippen LogP contribution >= 0.6 is 0 Å². The van der Waals surface area contributed by atoms with Gasteiger partial charge < -0.3 is 14.9 Å². The predicted molar refractivity (Wildman–Crippen MR) is 79.1 cm³/mol. The van der Waals surface area contributed by atoms with Crippen molar-refractivity contribution >= 4 is 0 Å². The molecule has 0 saturated heterocycles. The first-order valence-electron chi connectivity index (χ1n) is 7.16. The van der Waals surface area contributed by atoms with Crippen molar-refractivity contribution in [2.75, 3.05) is 13.2 Å². The summed E-state index contributed by atoms with van der Waals surface area (Å²) in [6.07, 6.45) is 1.79. The van der Waals surface area contributed by atoms with Crippen LogP contribution in [0, 0.1) is 52.2 Å². The van der Waals surface area contributed by atoms with E-state index in [1.54, 1.807) is 25.1 Å². The molecule has 0 unspecified atom stereocenters. The van der Waals surface area contributed by atoms with Gasteiger partial charge in [0.25, 0.3) is 0 Å². The van der Waals surface area contributed by atoms with Crippen LogP contribution in [0.2, 0.25) is 0 Å². The smallest absolute Gasteiger partial charge is 0.194 e. The highest BCUT2D eigenvalue weighted by Crippen LogP contribution is 2.54. The molecule has 0 amide bonds. The van der Waals surface area contributed by atoms with Crippen LogP contribution in [0.15, 0.2) is 39.5 Å². The number of hydrogen-bond acceptors (Lipinski definition) is 6. The molecular weight excluding hydrogens is 292 g/mol. The normalized spacial score (nSPS) is 25.6. The first-order chi connectivity index (χ1) is 11.1. The van der Waals surface area contributed by atoms with Gasteiger partial charge in [-0.15, -0.1) is 0 Å². The molecule has 2 aliphatic rings. The average Bonchev–Trinajstić information content (AvgIpc) is 3.00. The van der Waals surface area contributed by atoms with Crippen LogP contribution in [0.5, 0.6) is 0 Å². The van der Waals surface area contributed by atoms with Crippen molar-refractivity contribution < 1.29 is 9.15 Å². The average molecular weight is 306 g/mol. The summed E-state index contributed by atoms with van der Waals surface area (Å²) in [6, 6.07) is 9.65. The Labute approximate surface area is 133 Å². The molecule has 0 spiro atoms. The molecule has 2 N–H and O–H groups in total. The number of hydrogen-bond donors (Lipinski definition) is 1. The summed E-state index contributed by atoms with van der Waals surface area (Å²) in [5, 5.41) is 29.0. The van der Waals surface area contributed by atoms with Gasteiger partial charge in [-0.05, 0) is 24.6 Å². The maximum absolute atomic E-state index is 9.76. The van der Waals surface area contributed by atoms with E-state index in [1.807, 2.05) is 12.1 Å². The van der Waals surface area contributed by atoms with Gasteiger partial charge in [0.2, 0.25) is 0 Å². The number of furan rings is 1. The van der Waals surface area contributed by atoms with Gasteiger partial charge in [0.15, 0.2) is 5.41 Å². The number of aryl methyl sites for hydroxylation is 1. The monoisotopic (exact) mass is 306 g/mol. The van der Waals surface area contributed by atoms with Crippen molar-refractivity contribution in [2.45, 2.75) is 12.8 Å². The molecule has 23 heavy (non-hydrogen) atoms. The number of ether oxygens (including phenoxy) is 1. The summed E-state index contributed by atoms with van der Waals surface area (Å²) < 4.78 is 11.2. The topological polar surface area (TPSA) is 120 Å². The molecule has 0 radical (unpaired) electrons. The lowest BCUT2D eigenvalue weighted by Crippen LogP contribution is -2.44. The van der Waals surface area contributed by atoms with Crippen molar-refractivity contribution in [2.24, 2.45) is 17.1 Å². The number of nitrogens with zero attached hydrogens (tertiary/aromatic N) is 3. The van der Waals surface area contributed by atoms with Crippen molar-refractivity contribution in [3.63, 3.8) is 0 Å². The highest BCUT2D eigenvalue weighted by atomic mass is 16.5. The van der Waals surface area contributed by atoms with Crippen LogP contribution in [-0.4, -0.2) is 13.2 Å². The fourth-order valence-electron chi connectivity index (χ4n) is 3.41. The van der Waals surface area contributed by atoms with E-state index in [2.05, 4.69) is 6.07 Å². The van der Waals surface area contributed by atoms with Gasteiger partial charge in [0.1, 0.15) is 17.6 Å². The SMILES string of the molecule is Cc1ccc([C@H]2[C@H]3COCC=C3C(C#N)=C(N)C2(C#N)C#N)o1. The Morgan fingerprint density at radius 3 is 2.57 bits per heavy atom. The Bertz CT molecular complexity index is 827. The largest absolute Gasteiger partial charge is 0.466 e. The minimum atomic E-state index is -1.65. The Morgan fingerprint density at radius 1 is 1.26 bits per heavy atom. The fourth-order valence-corrected chi connectivity index (χ4v) is 3.41. The van der Waals surface area contributed by atoms with Gasteiger partial charge in [-0.2, -0.15) is 15.8 Å². The summed E-state index contributed by atoms with van der Waals surface area (Å²) in [7, 11) is 0. The van der Waals surface area contributed by atoms with E-state index in [-0.39, 0.29) is 17.2 Å². The zero-order valence-electron chi connectivity index (χ0n) is 12.5. The number of nitrogens with two attached hydrogens (primary N) is 1. The molecule has 0 saturated carbocycles. The van der Waals surface area contributed by atoms with Gasteiger partial charge in [0, 0.05) is 5.92 Å². The highest BCUT2D eigenvalue weighted by Gasteiger charge is 2.55. The molecule has 1 aliphatic heterocycles. The lowest BCUT2D eigenvalue weighted by Gasteiger charge is -2.41. The molecule has 2 atom stereocenters. The Kier molecular flexibility index (Phi) is 3.45. The van der Waals surface area contributed by atoms with E-state index < -0.39 is 11.3 Å². The maximum Gasteiger partial charge on any atom is 0.194 e. The standard InChI is InChI=1S/C17H14N4O2/c1-10-2-3-14(23-10)15-13-7-22-5-4-11(13)12(6-18)16(21)17(15,8-19)9-20/h2-4,13,15H,5,7,21H2,1H3/t13-,15+/m0/s1. The Hall–Kier alpha value is -3.01. The fraction of sp³-hybridized carbons (Fsp3) is 0.353. The first-order valence-corrected chi connectivity index (χ1v) is 7.16. The van der Waals surface area contributed by atoms with Gasteiger partial charge in [-0.25, -0.2) is 0 Å². The molecule has 6 heteroatoms. The van der Waals surface area contributed by atoms with E-state index in [0.717, 1.165) is 5.57 Å². The second-order valence-electron chi connectivity index (χ2n) is 5.66. The number of allylic oxidation sites excluding steroid dienone is 2. The Balaban J connectivity index is 2.33. The second kappa shape index (κ2) is 5.32. The third-order valence-corrected chi connectivity index (χ3v) is 4.50. The van der Waals surface area contributed by atoms with Crippen molar-refractivity contribution in [3.8, 4) is 18.2 Å². The summed E-state index contributed by atoms with van der Waals surface area (Å²) in [5.74, 6) is 0.248. The first kappa shape index (κ1) is 14.9. The lowest BCUT2D eigenvalue weighted by atomic mass is 9.60. The molecule has 114 valence electrons. The molecular formula is C17H14N4O2. The van der Waals surface area contributed by atoms with E-state index in [1.165, 1.54) is 0 Å². The number of fused-ring (bicyclic) bond motifs is 1. The van der Waals surface area contributed by atoms with E-state index in [9.17, 15) is 15.8 Å². The summed E-state index contributed by atoms with van der Waals surface area (Å²) in [5.41, 5.74) is 5.40. The number of rotatable bonds is 1. The summed E-state index contributed by atoms with van der Waals surface area (Å²) >= 11 is 0. The predicted octanol–water partition coefficient (Wildman–Crippen LogP) is 2.03. The lowest BCUT2D eigenvalue weighted by molar-refractivity contribution is 0.0927. The molecule has 1 aromatic rings. The molecule has 0 fully saturated rings. The van der Waals surface area contributed by atoms with Crippen LogP contribution in [0.25, 0.3) is 0 Å². The van der Waals surface area contributed by atoms with Crippen LogP contribution in [0.3, 0.4) is 0 Å². The quantitative estimate of drug-likeness (QED) is 0.847. The Morgan fingerprint density at radius 2 is 2.00 bits per heavy atom. The van der Waals surface area contributed by atoms with Crippen LogP contribution in [0.1, 0.15) is 17.4 Å². The molecule has 0 aromatic carbocycles. The van der Waals surface area contributed by atoms with Crippen molar-refractivity contribution in [3.05, 3.63) is 46.6 Å². The summed E-state index contributed by atoms with van der Waals surface area (Å²) in [6.45, 7) is 2.47. The zero-order chi connectivity index (χ0) is 16.6. The third-order valence-electron chi connectivity index (χ3n) is 4.50. The van der Waals surface area contributed by atoms with Crippen LogP contribution in [0.4, 0.5) is 0 Å². The third kappa shape index (κ3) is 1.95. The van der Waals surface area contributed by atoms with Gasteiger partial charge in [0.05, 0.1) is 42.5 Å². The molecule has 0 bridgehead atoms. The minimum absolute atomic E-state index is 0.00606. The highest BCUT2D eigenvalue weighted by molar-refractivity contribution is 5.58.